The molecule has 0 bridgehead atoms. The Bertz CT molecular complexity index is 676. The fourth-order valence-corrected chi connectivity index (χ4v) is 4.90. The molecule has 1 aliphatic heterocycles. The molecule has 1 fully saturated rings. The van der Waals surface area contributed by atoms with Crippen molar-refractivity contribution in [3.8, 4) is 0 Å². The molecule has 2 aromatic rings. The maximum absolute atomic E-state index is 6.47. The minimum Gasteiger partial charge on any atom is -0.367 e. The molecule has 2 aromatic heterocycles. The van der Waals surface area contributed by atoms with Gasteiger partial charge in [-0.1, -0.05) is 11.6 Å². The van der Waals surface area contributed by atoms with Crippen LogP contribution >= 0.6 is 22.9 Å². The first-order chi connectivity index (χ1) is 9.67. The van der Waals surface area contributed by atoms with Crippen LogP contribution in [-0.2, 0) is 23.2 Å². The van der Waals surface area contributed by atoms with E-state index < -0.39 is 0 Å². The van der Waals surface area contributed by atoms with Gasteiger partial charge in [-0.05, 0) is 51.0 Å². The molecule has 1 saturated heterocycles. The van der Waals surface area contributed by atoms with Gasteiger partial charge in [-0.3, -0.25) is 0 Å². The van der Waals surface area contributed by atoms with Gasteiger partial charge < -0.3 is 4.74 Å². The van der Waals surface area contributed by atoms with Crippen molar-refractivity contribution in [1.82, 2.24) is 9.97 Å². The summed E-state index contributed by atoms with van der Waals surface area (Å²) in [4.78, 5) is 11.9. The Kier molecular flexibility index (Phi) is 3.02. The molecule has 1 unspecified atom stereocenters. The van der Waals surface area contributed by atoms with E-state index in [9.17, 15) is 0 Å². The standard InChI is InChI=1S/C15H17ClN2OS/c1-15(7-2-3-8-19-15)14-17-12(16)11-9-5-4-6-10(9)20-13(11)18-14/h2-8H2,1H3. The summed E-state index contributed by atoms with van der Waals surface area (Å²) < 4.78 is 5.95. The molecule has 0 radical (unpaired) electrons. The summed E-state index contributed by atoms with van der Waals surface area (Å²) in [5.74, 6) is 0.759. The minimum absolute atomic E-state index is 0.371. The Morgan fingerprint density at radius 3 is 2.90 bits per heavy atom. The summed E-state index contributed by atoms with van der Waals surface area (Å²) in [6, 6.07) is 0. The topological polar surface area (TPSA) is 35.0 Å². The molecule has 106 valence electrons. The fourth-order valence-electron chi connectivity index (χ4n) is 3.30. The Balaban J connectivity index is 1.86. The van der Waals surface area contributed by atoms with Crippen LogP contribution in [-0.4, -0.2) is 16.6 Å². The number of aromatic nitrogens is 2. The summed E-state index contributed by atoms with van der Waals surface area (Å²) in [7, 11) is 0. The van der Waals surface area contributed by atoms with E-state index in [0.717, 1.165) is 54.8 Å². The molecular weight excluding hydrogens is 292 g/mol. The Hall–Kier alpha value is -0.710. The summed E-state index contributed by atoms with van der Waals surface area (Å²) in [6.07, 6.45) is 6.77. The van der Waals surface area contributed by atoms with Crippen LogP contribution in [0.1, 0.15) is 48.9 Å². The third kappa shape index (κ3) is 1.89. The number of fused-ring (bicyclic) bond motifs is 3. The zero-order valence-corrected chi connectivity index (χ0v) is 13.1. The molecule has 0 aromatic carbocycles. The highest BCUT2D eigenvalue weighted by molar-refractivity contribution is 7.19. The predicted octanol–water partition coefficient (Wildman–Crippen LogP) is 4.25. The quantitative estimate of drug-likeness (QED) is 0.739. The van der Waals surface area contributed by atoms with Gasteiger partial charge in [0.15, 0.2) is 5.82 Å². The number of thiophene rings is 1. The summed E-state index contributed by atoms with van der Waals surface area (Å²) >= 11 is 8.25. The average molecular weight is 309 g/mol. The number of nitrogens with zero attached hydrogens (tertiary/aromatic N) is 2. The van der Waals surface area contributed by atoms with E-state index in [1.807, 2.05) is 0 Å². The molecule has 1 aliphatic carbocycles. The Morgan fingerprint density at radius 2 is 2.10 bits per heavy atom. The molecule has 0 amide bonds. The van der Waals surface area contributed by atoms with Crippen LogP contribution in [0.2, 0.25) is 5.15 Å². The van der Waals surface area contributed by atoms with Crippen molar-refractivity contribution >= 4 is 33.2 Å². The van der Waals surface area contributed by atoms with Crippen molar-refractivity contribution in [3.05, 3.63) is 21.4 Å². The highest BCUT2D eigenvalue weighted by atomic mass is 35.5. The highest BCUT2D eigenvalue weighted by Crippen LogP contribution is 2.41. The summed E-state index contributed by atoms with van der Waals surface area (Å²) in [5, 5.41) is 1.70. The van der Waals surface area contributed by atoms with Crippen molar-refractivity contribution in [2.45, 2.75) is 51.0 Å². The third-order valence-corrected chi connectivity index (χ3v) is 5.92. The van der Waals surface area contributed by atoms with E-state index >= 15 is 0 Å². The SMILES string of the molecule is CC1(c2nc(Cl)c3c4c(sc3n2)CCC4)CCCCO1. The smallest absolute Gasteiger partial charge is 0.163 e. The van der Waals surface area contributed by atoms with E-state index in [0.29, 0.717) is 5.15 Å². The zero-order chi connectivity index (χ0) is 13.7. The van der Waals surface area contributed by atoms with Gasteiger partial charge in [0.2, 0.25) is 0 Å². The first-order valence-corrected chi connectivity index (χ1v) is 8.49. The van der Waals surface area contributed by atoms with Gasteiger partial charge in [-0.15, -0.1) is 11.3 Å². The van der Waals surface area contributed by atoms with Crippen LogP contribution in [0.3, 0.4) is 0 Å². The lowest BCUT2D eigenvalue weighted by molar-refractivity contribution is -0.0758. The van der Waals surface area contributed by atoms with Gasteiger partial charge in [0.05, 0.1) is 5.39 Å². The number of ether oxygens (including phenoxy) is 1. The highest BCUT2D eigenvalue weighted by Gasteiger charge is 2.34. The lowest BCUT2D eigenvalue weighted by Crippen LogP contribution is -2.32. The number of hydrogen-bond acceptors (Lipinski definition) is 4. The van der Waals surface area contributed by atoms with E-state index in [1.165, 1.54) is 16.9 Å². The van der Waals surface area contributed by atoms with Crippen LogP contribution in [0.15, 0.2) is 0 Å². The van der Waals surface area contributed by atoms with Crippen LogP contribution in [0.25, 0.3) is 10.2 Å². The number of aryl methyl sites for hydroxylation is 2. The van der Waals surface area contributed by atoms with Crippen LogP contribution in [0.5, 0.6) is 0 Å². The molecule has 0 saturated carbocycles. The van der Waals surface area contributed by atoms with Crippen molar-refractivity contribution < 1.29 is 4.74 Å². The van der Waals surface area contributed by atoms with E-state index in [1.54, 1.807) is 11.3 Å². The molecule has 0 spiro atoms. The lowest BCUT2D eigenvalue weighted by atomic mass is 9.95. The second-order valence-electron chi connectivity index (χ2n) is 5.91. The van der Waals surface area contributed by atoms with Gasteiger partial charge >= 0.3 is 0 Å². The summed E-state index contributed by atoms with van der Waals surface area (Å²) in [6.45, 7) is 2.88. The molecule has 0 N–H and O–H groups in total. The Morgan fingerprint density at radius 1 is 1.20 bits per heavy atom. The fraction of sp³-hybridized carbons (Fsp3) is 0.600. The van der Waals surface area contributed by atoms with Crippen molar-refractivity contribution in [2.24, 2.45) is 0 Å². The molecule has 4 rings (SSSR count). The maximum Gasteiger partial charge on any atom is 0.163 e. The molecule has 5 heteroatoms. The molecule has 3 nitrogen and oxygen atoms in total. The van der Waals surface area contributed by atoms with E-state index in [-0.39, 0.29) is 5.60 Å². The third-order valence-electron chi connectivity index (χ3n) is 4.46. The van der Waals surface area contributed by atoms with Gasteiger partial charge in [0.1, 0.15) is 15.6 Å². The van der Waals surface area contributed by atoms with Crippen LogP contribution in [0, 0.1) is 0 Å². The largest absolute Gasteiger partial charge is 0.367 e. The Labute approximate surface area is 127 Å². The van der Waals surface area contributed by atoms with Crippen molar-refractivity contribution in [2.75, 3.05) is 6.61 Å². The van der Waals surface area contributed by atoms with Gasteiger partial charge in [0.25, 0.3) is 0 Å². The first-order valence-electron chi connectivity index (χ1n) is 7.30. The van der Waals surface area contributed by atoms with Gasteiger partial charge in [-0.25, -0.2) is 9.97 Å². The molecule has 20 heavy (non-hydrogen) atoms. The van der Waals surface area contributed by atoms with Crippen molar-refractivity contribution in [1.29, 1.82) is 0 Å². The van der Waals surface area contributed by atoms with E-state index in [2.05, 4.69) is 11.9 Å². The maximum atomic E-state index is 6.47. The second kappa shape index (κ2) is 4.65. The monoisotopic (exact) mass is 308 g/mol. The van der Waals surface area contributed by atoms with Gasteiger partial charge in [0, 0.05) is 11.5 Å². The molecular formula is C15H17ClN2OS. The molecule has 2 aliphatic rings. The van der Waals surface area contributed by atoms with Crippen LogP contribution in [0.4, 0.5) is 0 Å². The number of rotatable bonds is 1. The molecule has 3 heterocycles. The van der Waals surface area contributed by atoms with Crippen LogP contribution < -0.4 is 0 Å². The van der Waals surface area contributed by atoms with Gasteiger partial charge in [-0.2, -0.15) is 0 Å². The zero-order valence-electron chi connectivity index (χ0n) is 11.5. The average Bonchev–Trinajstić information content (AvgIpc) is 2.99. The van der Waals surface area contributed by atoms with Crippen molar-refractivity contribution in [3.63, 3.8) is 0 Å². The normalized spacial score (nSPS) is 26.1. The predicted molar refractivity (Wildman–Crippen MR) is 81.6 cm³/mol. The number of hydrogen-bond donors (Lipinski definition) is 0. The lowest BCUT2D eigenvalue weighted by Gasteiger charge is -2.32. The first kappa shape index (κ1) is 13.0. The summed E-state index contributed by atoms with van der Waals surface area (Å²) in [5.41, 5.74) is 1.01. The van der Waals surface area contributed by atoms with E-state index in [4.69, 9.17) is 21.3 Å². The minimum atomic E-state index is -0.371. The second-order valence-corrected chi connectivity index (χ2v) is 7.35. The molecule has 1 atom stereocenters. The number of halogens is 1.